The van der Waals surface area contributed by atoms with Gasteiger partial charge in [-0.15, -0.1) is 0 Å². The third kappa shape index (κ3) is 6.07. The van der Waals surface area contributed by atoms with Gasteiger partial charge in [-0.3, -0.25) is 14.8 Å². The van der Waals surface area contributed by atoms with Crippen LogP contribution in [-0.4, -0.2) is 78.8 Å². The topological polar surface area (TPSA) is 116 Å². The zero-order chi connectivity index (χ0) is 23.9. The summed E-state index contributed by atoms with van der Waals surface area (Å²) in [7, 11) is -1.97. The normalized spacial score (nSPS) is 23.2. The van der Waals surface area contributed by atoms with Gasteiger partial charge in [0.15, 0.2) is 4.75 Å². The Balaban J connectivity index is 1.42. The molecule has 0 bridgehead atoms. The van der Waals surface area contributed by atoms with E-state index in [0.717, 1.165) is 44.9 Å². The standard InChI is InChI=1S/C23H41N3O6S/c1-25(20-8-3-2-4-9-20)21(27)10-6-5-7-19-11-15-26(16-12-19)33(30,31)23(22(28)24-29)13-17-32-18-14-23/h19-20,29H,2-18H2,1H3,(H,24,28). The van der Waals surface area contributed by atoms with Crippen molar-refractivity contribution >= 4 is 21.8 Å². The number of ether oxygens (including phenoxy) is 1. The van der Waals surface area contributed by atoms with E-state index in [2.05, 4.69) is 0 Å². The molecule has 2 amide bonds. The Morgan fingerprint density at radius 2 is 1.70 bits per heavy atom. The van der Waals surface area contributed by atoms with Gasteiger partial charge in [-0.25, -0.2) is 18.2 Å². The second kappa shape index (κ2) is 12.0. The number of carbonyl (C=O) groups is 2. The lowest BCUT2D eigenvalue weighted by Gasteiger charge is -2.40. The average Bonchev–Trinajstić information content (AvgIpc) is 2.86. The van der Waals surface area contributed by atoms with Crippen LogP contribution in [-0.2, 0) is 24.3 Å². The number of carbonyl (C=O) groups excluding carboxylic acids is 2. The molecule has 2 saturated heterocycles. The molecule has 2 aliphatic heterocycles. The monoisotopic (exact) mass is 487 g/mol. The summed E-state index contributed by atoms with van der Waals surface area (Å²) in [5.74, 6) is -0.192. The van der Waals surface area contributed by atoms with Crippen molar-refractivity contribution in [3.05, 3.63) is 0 Å². The number of piperidine rings is 1. The van der Waals surface area contributed by atoms with Crippen molar-refractivity contribution in [3.63, 3.8) is 0 Å². The van der Waals surface area contributed by atoms with Gasteiger partial charge in [0, 0.05) is 58.7 Å². The highest BCUT2D eigenvalue weighted by molar-refractivity contribution is 7.91. The number of unbranched alkanes of at least 4 members (excludes halogenated alkanes) is 1. The Bertz CT molecular complexity index is 754. The molecular formula is C23H41N3O6S. The quantitative estimate of drug-likeness (QED) is 0.293. The molecule has 0 radical (unpaired) electrons. The van der Waals surface area contributed by atoms with Gasteiger partial charge < -0.3 is 9.64 Å². The zero-order valence-electron chi connectivity index (χ0n) is 20.0. The smallest absolute Gasteiger partial charge is 0.266 e. The summed E-state index contributed by atoms with van der Waals surface area (Å²) in [6.07, 6.45) is 11.0. The van der Waals surface area contributed by atoms with Crippen LogP contribution in [0.3, 0.4) is 0 Å². The van der Waals surface area contributed by atoms with E-state index in [0.29, 0.717) is 31.5 Å². The highest BCUT2D eigenvalue weighted by Crippen LogP contribution is 2.35. The first-order valence-electron chi connectivity index (χ1n) is 12.6. The molecule has 3 rings (SSSR count). The molecular weight excluding hydrogens is 446 g/mol. The number of amides is 2. The van der Waals surface area contributed by atoms with Crippen molar-refractivity contribution in [2.45, 2.75) is 94.3 Å². The lowest BCUT2D eigenvalue weighted by Crippen LogP contribution is -2.60. The van der Waals surface area contributed by atoms with Gasteiger partial charge in [0.1, 0.15) is 0 Å². The molecule has 3 fully saturated rings. The maximum Gasteiger partial charge on any atom is 0.266 e. The predicted molar refractivity (Wildman–Crippen MR) is 124 cm³/mol. The Hall–Kier alpha value is -1.23. The van der Waals surface area contributed by atoms with Gasteiger partial charge >= 0.3 is 0 Å². The largest absolute Gasteiger partial charge is 0.381 e. The van der Waals surface area contributed by atoms with E-state index >= 15 is 0 Å². The maximum absolute atomic E-state index is 13.4. The molecule has 190 valence electrons. The van der Waals surface area contributed by atoms with Crippen molar-refractivity contribution in [2.24, 2.45) is 5.92 Å². The van der Waals surface area contributed by atoms with E-state index in [1.165, 1.54) is 23.6 Å². The summed E-state index contributed by atoms with van der Waals surface area (Å²) >= 11 is 0. The number of nitrogens with zero attached hydrogens (tertiary/aromatic N) is 2. The summed E-state index contributed by atoms with van der Waals surface area (Å²) in [6, 6.07) is 0.407. The molecule has 0 unspecified atom stereocenters. The van der Waals surface area contributed by atoms with Crippen LogP contribution in [0, 0.1) is 5.92 Å². The molecule has 0 spiro atoms. The van der Waals surface area contributed by atoms with Crippen LogP contribution in [0.15, 0.2) is 0 Å². The molecule has 33 heavy (non-hydrogen) atoms. The van der Waals surface area contributed by atoms with Crippen molar-refractivity contribution in [1.82, 2.24) is 14.7 Å². The fraction of sp³-hybridized carbons (Fsp3) is 0.913. The summed E-state index contributed by atoms with van der Waals surface area (Å²) in [5.41, 5.74) is 1.57. The number of hydrogen-bond donors (Lipinski definition) is 2. The van der Waals surface area contributed by atoms with Crippen LogP contribution in [0.2, 0.25) is 0 Å². The number of nitrogens with one attached hydrogen (secondary N) is 1. The third-order valence-corrected chi connectivity index (χ3v) is 10.6. The van der Waals surface area contributed by atoms with Gasteiger partial charge in [-0.2, -0.15) is 0 Å². The van der Waals surface area contributed by atoms with Gasteiger partial charge in [0.05, 0.1) is 0 Å². The average molecular weight is 488 g/mol. The van der Waals surface area contributed by atoms with Gasteiger partial charge in [-0.05, 0) is 38.0 Å². The van der Waals surface area contributed by atoms with E-state index in [4.69, 9.17) is 4.74 Å². The summed E-state index contributed by atoms with van der Waals surface area (Å²) in [4.78, 5) is 26.8. The van der Waals surface area contributed by atoms with Crippen LogP contribution in [0.4, 0.5) is 0 Å². The van der Waals surface area contributed by atoms with Crippen molar-refractivity contribution in [3.8, 4) is 0 Å². The van der Waals surface area contributed by atoms with Crippen LogP contribution in [0.5, 0.6) is 0 Å². The van der Waals surface area contributed by atoms with E-state index in [9.17, 15) is 23.2 Å². The molecule has 0 aromatic carbocycles. The second-order valence-electron chi connectivity index (χ2n) is 9.94. The van der Waals surface area contributed by atoms with Crippen molar-refractivity contribution in [2.75, 3.05) is 33.4 Å². The first kappa shape index (κ1) is 26.4. The third-order valence-electron chi connectivity index (χ3n) is 7.99. The highest BCUT2D eigenvalue weighted by atomic mass is 32.2. The van der Waals surface area contributed by atoms with Crippen molar-refractivity contribution < 1.29 is 28.0 Å². The predicted octanol–water partition coefficient (Wildman–Crippen LogP) is 2.43. The molecule has 1 aliphatic carbocycles. The van der Waals surface area contributed by atoms with Crippen LogP contribution >= 0.6 is 0 Å². The number of hydrogen-bond acceptors (Lipinski definition) is 6. The Kier molecular flexibility index (Phi) is 9.55. The molecule has 1 saturated carbocycles. The Labute approximate surface area is 198 Å². The van der Waals surface area contributed by atoms with Crippen LogP contribution < -0.4 is 5.48 Å². The highest BCUT2D eigenvalue weighted by Gasteiger charge is 2.54. The van der Waals surface area contributed by atoms with Crippen LogP contribution in [0.25, 0.3) is 0 Å². The molecule has 0 aromatic rings. The summed E-state index contributed by atoms with van der Waals surface area (Å²) < 4.78 is 31.7. The maximum atomic E-state index is 13.4. The molecule has 3 aliphatic rings. The minimum Gasteiger partial charge on any atom is -0.381 e. The minimum absolute atomic E-state index is 0.0466. The summed E-state index contributed by atoms with van der Waals surface area (Å²) in [6.45, 7) is 1.13. The number of hydroxylamine groups is 1. The molecule has 0 aromatic heterocycles. The van der Waals surface area contributed by atoms with E-state index in [1.807, 2.05) is 11.9 Å². The molecule has 9 nitrogen and oxygen atoms in total. The lowest BCUT2D eigenvalue weighted by atomic mass is 9.92. The minimum atomic E-state index is -3.91. The molecule has 2 N–H and O–H groups in total. The first-order chi connectivity index (χ1) is 15.8. The number of rotatable bonds is 9. The van der Waals surface area contributed by atoms with E-state index < -0.39 is 20.7 Å². The SMILES string of the molecule is CN(C(=O)CCCCC1CCN(S(=O)(=O)C2(C(=O)NO)CCOCC2)CC1)C1CCCCC1. The Morgan fingerprint density at radius 3 is 2.30 bits per heavy atom. The molecule has 2 heterocycles. The van der Waals surface area contributed by atoms with E-state index in [-0.39, 0.29) is 32.0 Å². The number of sulfonamides is 1. The fourth-order valence-electron chi connectivity index (χ4n) is 5.65. The van der Waals surface area contributed by atoms with Crippen molar-refractivity contribution in [1.29, 1.82) is 0 Å². The van der Waals surface area contributed by atoms with E-state index in [1.54, 1.807) is 5.48 Å². The molecule has 0 atom stereocenters. The van der Waals surface area contributed by atoms with Crippen LogP contribution in [0.1, 0.15) is 83.5 Å². The molecule has 10 heteroatoms. The summed E-state index contributed by atoms with van der Waals surface area (Å²) in [5, 5.41) is 9.17. The zero-order valence-corrected chi connectivity index (χ0v) is 20.8. The van der Waals surface area contributed by atoms with Gasteiger partial charge in [0.2, 0.25) is 15.9 Å². The van der Waals surface area contributed by atoms with Gasteiger partial charge in [-0.1, -0.05) is 32.1 Å². The second-order valence-corrected chi connectivity index (χ2v) is 12.2. The Morgan fingerprint density at radius 1 is 1.06 bits per heavy atom. The lowest BCUT2D eigenvalue weighted by molar-refractivity contribution is -0.134. The van der Waals surface area contributed by atoms with Gasteiger partial charge in [0.25, 0.3) is 5.91 Å². The fourth-order valence-corrected chi connectivity index (χ4v) is 7.80. The first-order valence-corrected chi connectivity index (χ1v) is 14.0.